The summed E-state index contributed by atoms with van der Waals surface area (Å²) in [5.74, 6) is -1.18. The number of nitrogens with zero attached hydrogens (tertiary/aromatic N) is 1. The van der Waals surface area contributed by atoms with Crippen LogP contribution < -0.4 is 0 Å². The number of carbonyl (C=O) groups is 4. The molecule has 1 amide bonds. The minimum Gasteiger partial charge on any atom is -0.461 e. The van der Waals surface area contributed by atoms with Gasteiger partial charge in [-0.3, -0.25) is 14.4 Å². The summed E-state index contributed by atoms with van der Waals surface area (Å²) in [6.07, 6.45) is 20.7. The summed E-state index contributed by atoms with van der Waals surface area (Å²) in [7, 11) is 1.66. The van der Waals surface area contributed by atoms with Gasteiger partial charge < -0.3 is 29.3 Å². The fraction of sp³-hybridized carbons (Fsp3) is 0.745. The van der Waals surface area contributed by atoms with E-state index >= 15 is 0 Å². The molecule has 3 heterocycles. The summed E-state index contributed by atoms with van der Waals surface area (Å²) >= 11 is 0. The van der Waals surface area contributed by atoms with Gasteiger partial charge in [-0.25, -0.2) is 4.79 Å². The molecule has 0 spiro atoms. The van der Waals surface area contributed by atoms with E-state index in [-0.39, 0.29) is 54.4 Å². The van der Waals surface area contributed by atoms with Gasteiger partial charge in [0.15, 0.2) is 0 Å². The molecule has 0 aromatic heterocycles. The lowest BCUT2D eigenvalue weighted by molar-refractivity contribution is -0.167. The fourth-order valence-electron chi connectivity index (χ4n) is 9.08. The molecule has 1 aliphatic carbocycles. The Morgan fingerprint density at radius 2 is 1.54 bits per heavy atom. The van der Waals surface area contributed by atoms with Crippen LogP contribution >= 0.6 is 0 Å². The average molecular weight is 796 g/mol. The van der Waals surface area contributed by atoms with E-state index in [2.05, 4.69) is 19.9 Å². The van der Waals surface area contributed by atoms with Crippen molar-refractivity contribution in [2.24, 2.45) is 23.7 Å². The molecule has 1 saturated carbocycles. The van der Waals surface area contributed by atoms with Crippen LogP contribution in [0.1, 0.15) is 144 Å². The van der Waals surface area contributed by atoms with Crippen LogP contribution in [-0.4, -0.2) is 94.9 Å². The van der Waals surface area contributed by atoms with Crippen molar-refractivity contribution in [3.05, 3.63) is 47.6 Å². The molecule has 320 valence electrons. The van der Waals surface area contributed by atoms with Gasteiger partial charge >= 0.3 is 5.97 Å². The molecular weight excluding hydrogens is 723 g/mol. The van der Waals surface area contributed by atoms with Crippen molar-refractivity contribution in [3.63, 3.8) is 0 Å². The van der Waals surface area contributed by atoms with Crippen LogP contribution in [0.2, 0.25) is 0 Å². The smallest absolute Gasteiger partial charge is 0.329 e. The largest absolute Gasteiger partial charge is 0.461 e. The monoisotopic (exact) mass is 796 g/mol. The summed E-state index contributed by atoms with van der Waals surface area (Å²) in [6, 6.07) is -0.829. The van der Waals surface area contributed by atoms with Gasteiger partial charge in [-0.15, -0.1) is 0 Å². The molecule has 3 fully saturated rings. The highest BCUT2D eigenvalue weighted by Crippen LogP contribution is 2.31. The molecular formula is C47H73NO9. The third-order valence-electron chi connectivity index (χ3n) is 12.9. The maximum Gasteiger partial charge on any atom is 0.329 e. The second-order valence-corrected chi connectivity index (χ2v) is 17.8. The number of esters is 1. The molecule has 2 unspecified atom stereocenters. The normalized spacial score (nSPS) is 37.1. The summed E-state index contributed by atoms with van der Waals surface area (Å²) in [5, 5.41) is 21.1. The van der Waals surface area contributed by atoms with Crippen molar-refractivity contribution in [1.29, 1.82) is 0 Å². The van der Waals surface area contributed by atoms with Crippen molar-refractivity contribution in [2.45, 2.75) is 186 Å². The van der Waals surface area contributed by atoms with Gasteiger partial charge in [-0.05, 0) is 139 Å². The number of piperidine rings is 1. The van der Waals surface area contributed by atoms with Crippen LogP contribution in [0.4, 0.5) is 0 Å². The highest BCUT2D eigenvalue weighted by Gasteiger charge is 2.41. The van der Waals surface area contributed by atoms with Gasteiger partial charge in [-0.1, -0.05) is 57.2 Å². The van der Waals surface area contributed by atoms with E-state index in [1.807, 2.05) is 51.2 Å². The van der Waals surface area contributed by atoms with Crippen LogP contribution in [0.25, 0.3) is 0 Å². The zero-order chi connectivity index (χ0) is 41.5. The Hall–Kier alpha value is -2.92. The second-order valence-electron chi connectivity index (χ2n) is 17.8. The number of Topliss-reactive ketones (excluding diaryl/α,β-unsaturated/α-hetero) is 2. The predicted molar refractivity (Wildman–Crippen MR) is 222 cm³/mol. The number of methoxy groups -OCH3 is 1. The van der Waals surface area contributed by atoms with Crippen molar-refractivity contribution in [2.75, 3.05) is 13.7 Å². The fourth-order valence-corrected chi connectivity index (χ4v) is 9.08. The molecule has 57 heavy (non-hydrogen) atoms. The molecule has 9 atom stereocenters. The second kappa shape index (κ2) is 23.6. The van der Waals surface area contributed by atoms with Crippen LogP contribution in [0.15, 0.2) is 47.6 Å². The number of cyclic esters (lactones) is 1. The number of aliphatic hydroxyl groups is 2. The maximum atomic E-state index is 14.0. The zero-order valence-electron chi connectivity index (χ0n) is 35.7. The van der Waals surface area contributed by atoms with E-state index in [0.717, 1.165) is 62.5 Å². The van der Waals surface area contributed by atoms with Gasteiger partial charge in [0.2, 0.25) is 5.78 Å². The number of ether oxygens (including phenoxy) is 3. The topological polar surface area (TPSA) is 140 Å². The Balaban J connectivity index is 1.55. The Kier molecular flexibility index (Phi) is 19.4. The Morgan fingerprint density at radius 1 is 0.789 bits per heavy atom. The molecule has 10 heteroatoms. The van der Waals surface area contributed by atoms with Crippen LogP contribution in [-0.2, 0) is 33.4 Å². The SMILES string of the molecule is CO[C@H]1CC2CCCC(O2)C(=O)C(=O)N2CCCC[C@H]2C(=O)O[C@H](CCC2CCC(O)CC2)CC[C@H](C)/C=C(\C)[C@@H](O)CC(=O)[C@H](C)C[C@H](C)/C=C/C=CC=C1C. The predicted octanol–water partition coefficient (Wildman–Crippen LogP) is 7.94. The van der Waals surface area contributed by atoms with Crippen LogP contribution in [0.3, 0.4) is 0 Å². The average Bonchev–Trinajstić information content (AvgIpc) is 3.20. The number of fused-ring (bicyclic) bond motifs is 3. The zero-order valence-corrected chi connectivity index (χ0v) is 35.7. The number of aliphatic hydroxyl groups excluding tert-OH is 2. The Bertz CT molecular complexity index is 1440. The molecule has 4 aliphatic rings. The maximum absolute atomic E-state index is 14.0. The molecule has 0 aromatic carbocycles. The number of amides is 1. The standard InChI is InChI=1S/C47H73NO9/c1-31-13-8-7-9-14-33(3)44(55-6)29-39-15-12-17-43(56-39)45(52)46(53)48-26-11-10-16-40(48)47(54)57-38(25-21-36-19-22-37(49)23-20-36)24-18-32(2)28-35(5)42(51)30-41(50)34(4)27-31/h7-9,13-14,28,31-32,34,36-40,42-44,49,51H,10-12,15-27,29-30H2,1-6H3/b9-7?,13-8+,33-14?,35-28+/t31-,32+,34-,36?,37?,38+,39?,40+,42+,43?,44+/m1/s1. The highest BCUT2D eigenvalue weighted by molar-refractivity contribution is 6.38. The van der Waals surface area contributed by atoms with E-state index < -0.39 is 35.9 Å². The highest BCUT2D eigenvalue weighted by atomic mass is 16.5. The number of hydrogen-bond acceptors (Lipinski definition) is 9. The summed E-state index contributed by atoms with van der Waals surface area (Å²) in [4.78, 5) is 56.3. The molecule has 0 radical (unpaired) electrons. The van der Waals surface area contributed by atoms with Gasteiger partial charge in [0, 0.05) is 32.4 Å². The molecule has 2 saturated heterocycles. The Labute approximate surface area is 342 Å². The first-order valence-corrected chi connectivity index (χ1v) is 22.1. The Morgan fingerprint density at radius 3 is 2.28 bits per heavy atom. The van der Waals surface area contributed by atoms with Crippen LogP contribution in [0, 0.1) is 23.7 Å². The van der Waals surface area contributed by atoms with E-state index in [1.54, 1.807) is 7.11 Å². The number of carbonyl (C=O) groups excluding carboxylic acids is 4. The number of allylic oxidation sites excluding steroid dienone is 6. The van der Waals surface area contributed by atoms with Crippen molar-refractivity contribution in [1.82, 2.24) is 4.90 Å². The van der Waals surface area contributed by atoms with Crippen molar-refractivity contribution < 1.29 is 43.6 Å². The number of hydrogen-bond donors (Lipinski definition) is 2. The van der Waals surface area contributed by atoms with E-state index in [0.29, 0.717) is 63.8 Å². The van der Waals surface area contributed by atoms with E-state index in [9.17, 15) is 29.4 Å². The molecule has 4 rings (SSSR count). The van der Waals surface area contributed by atoms with E-state index in [1.165, 1.54) is 4.90 Å². The van der Waals surface area contributed by atoms with Gasteiger partial charge in [0.25, 0.3) is 5.91 Å². The first-order valence-electron chi connectivity index (χ1n) is 22.1. The van der Waals surface area contributed by atoms with Gasteiger partial charge in [0.05, 0.1) is 24.4 Å². The van der Waals surface area contributed by atoms with Gasteiger partial charge in [-0.2, -0.15) is 0 Å². The molecule has 2 bridgehead atoms. The summed E-state index contributed by atoms with van der Waals surface area (Å²) in [5.41, 5.74) is 1.77. The van der Waals surface area contributed by atoms with Gasteiger partial charge in [0.1, 0.15) is 24.0 Å². The molecule has 10 nitrogen and oxygen atoms in total. The lowest BCUT2D eigenvalue weighted by Gasteiger charge is -2.36. The summed E-state index contributed by atoms with van der Waals surface area (Å²) < 4.78 is 18.4. The molecule has 3 aliphatic heterocycles. The third-order valence-corrected chi connectivity index (χ3v) is 12.9. The van der Waals surface area contributed by atoms with Crippen molar-refractivity contribution in [3.8, 4) is 0 Å². The minimum absolute atomic E-state index is 0.0410. The number of rotatable bonds is 4. The van der Waals surface area contributed by atoms with E-state index in [4.69, 9.17) is 14.2 Å². The molecule has 0 aromatic rings. The molecule has 2 N–H and O–H groups in total. The summed E-state index contributed by atoms with van der Waals surface area (Å²) in [6.45, 7) is 10.3. The lowest BCUT2D eigenvalue weighted by Crippen LogP contribution is -2.54. The first kappa shape index (κ1) is 46.8. The third kappa shape index (κ3) is 15.0. The lowest BCUT2D eigenvalue weighted by atomic mass is 9.83. The van der Waals surface area contributed by atoms with Crippen molar-refractivity contribution >= 4 is 23.4 Å². The minimum atomic E-state index is -0.865. The first-order chi connectivity index (χ1) is 27.2. The van der Waals surface area contributed by atoms with Crippen LogP contribution in [0.5, 0.6) is 0 Å². The number of ketones is 2. The quantitative estimate of drug-likeness (QED) is 0.165.